The van der Waals surface area contributed by atoms with Gasteiger partial charge in [0.05, 0.1) is 24.3 Å². The standard InChI is InChI=1S/C14H20N2O4S/c1-3-16(11-6-7-21(18,19)9-11)14(17)10-4-5-13(20-2)12(15)8-10/h4-5,8,11H,3,6-7,9,15H2,1-2H3. The van der Waals surface area contributed by atoms with E-state index in [1.54, 1.807) is 23.1 Å². The van der Waals surface area contributed by atoms with Crippen molar-refractivity contribution >= 4 is 21.4 Å². The van der Waals surface area contributed by atoms with Crippen LogP contribution in [0.4, 0.5) is 5.69 Å². The van der Waals surface area contributed by atoms with Crippen molar-refractivity contribution in [3.63, 3.8) is 0 Å². The Bertz CT molecular complexity index is 642. The van der Waals surface area contributed by atoms with E-state index in [2.05, 4.69) is 0 Å². The zero-order valence-corrected chi connectivity index (χ0v) is 13.0. The molecule has 1 saturated heterocycles. The lowest BCUT2D eigenvalue weighted by Gasteiger charge is -2.27. The molecular formula is C14H20N2O4S. The quantitative estimate of drug-likeness (QED) is 0.835. The van der Waals surface area contributed by atoms with Crippen LogP contribution in [-0.2, 0) is 9.84 Å². The van der Waals surface area contributed by atoms with Gasteiger partial charge < -0.3 is 15.4 Å². The second kappa shape index (κ2) is 5.93. The number of hydrogen-bond acceptors (Lipinski definition) is 5. The number of anilines is 1. The third kappa shape index (κ3) is 3.29. The fourth-order valence-corrected chi connectivity index (χ4v) is 4.35. The van der Waals surface area contributed by atoms with Gasteiger partial charge in [-0.1, -0.05) is 0 Å². The lowest BCUT2D eigenvalue weighted by atomic mass is 10.1. The first-order valence-corrected chi connectivity index (χ1v) is 8.65. The number of amides is 1. The van der Waals surface area contributed by atoms with Gasteiger partial charge in [-0.05, 0) is 31.5 Å². The first kappa shape index (κ1) is 15.6. The summed E-state index contributed by atoms with van der Waals surface area (Å²) in [6.45, 7) is 2.31. The molecule has 1 aliphatic heterocycles. The number of hydrogen-bond donors (Lipinski definition) is 1. The Morgan fingerprint density at radius 1 is 1.48 bits per heavy atom. The van der Waals surface area contributed by atoms with Gasteiger partial charge in [0.25, 0.3) is 5.91 Å². The van der Waals surface area contributed by atoms with Crippen molar-refractivity contribution in [1.29, 1.82) is 0 Å². The van der Waals surface area contributed by atoms with Crippen LogP contribution in [0.3, 0.4) is 0 Å². The Hall–Kier alpha value is -1.76. The van der Waals surface area contributed by atoms with Gasteiger partial charge in [0, 0.05) is 18.2 Å². The largest absolute Gasteiger partial charge is 0.495 e. The molecule has 0 bridgehead atoms. The van der Waals surface area contributed by atoms with Crippen LogP contribution in [0.2, 0.25) is 0 Å². The minimum Gasteiger partial charge on any atom is -0.495 e. The maximum Gasteiger partial charge on any atom is 0.254 e. The molecule has 1 atom stereocenters. The van der Waals surface area contributed by atoms with Crippen LogP contribution in [0.15, 0.2) is 18.2 Å². The maximum atomic E-state index is 12.6. The van der Waals surface area contributed by atoms with Crippen LogP contribution in [0.5, 0.6) is 5.75 Å². The van der Waals surface area contributed by atoms with Gasteiger partial charge in [0.1, 0.15) is 5.75 Å². The second-order valence-corrected chi connectivity index (χ2v) is 7.33. The van der Waals surface area contributed by atoms with Crippen LogP contribution >= 0.6 is 0 Å². The minimum absolute atomic E-state index is 0.0399. The van der Waals surface area contributed by atoms with Crippen molar-refractivity contribution in [2.24, 2.45) is 0 Å². The molecule has 116 valence electrons. The highest BCUT2D eigenvalue weighted by atomic mass is 32.2. The summed E-state index contributed by atoms with van der Waals surface area (Å²) in [7, 11) is -1.51. The van der Waals surface area contributed by atoms with Gasteiger partial charge >= 0.3 is 0 Å². The Labute approximate surface area is 124 Å². The number of rotatable bonds is 4. The van der Waals surface area contributed by atoms with E-state index in [-0.39, 0.29) is 23.5 Å². The minimum atomic E-state index is -3.02. The Morgan fingerprint density at radius 3 is 2.67 bits per heavy atom. The molecule has 1 unspecified atom stereocenters. The summed E-state index contributed by atoms with van der Waals surface area (Å²) in [4.78, 5) is 14.2. The van der Waals surface area contributed by atoms with Crippen molar-refractivity contribution in [2.75, 3.05) is 30.9 Å². The molecule has 1 amide bonds. The van der Waals surface area contributed by atoms with Gasteiger partial charge in [0.2, 0.25) is 0 Å². The summed E-state index contributed by atoms with van der Waals surface area (Å²) in [6, 6.07) is 4.59. The average Bonchev–Trinajstić information content (AvgIpc) is 2.79. The van der Waals surface area contributed by atoms with Crippen molar-refractivity contribution in [1.82, 2.24) is 4.90 Å². The number of nitrogen functional groups attached to an aromatic ring is 1. The van der Waals surface area contributed by atoms with Gasteiger partial charge in [-0.3, -0.25) is 4.79 Å². The molecule has 21 heavy (non-hydrogen) atoms. The first-order chi connectivity index (χ1) is 9.88. The topological polar surface area (TPSA) is 89.7 Å². The van der Waals surface area contributed by atoms with Gasteiger partial charge in [0.15, 0.2) is 9.84 Å². The molecule has 0 aliphatic carbocycles. The predicted molar refractivity (Wildman–Crippen MR) is 81.2 cm³/mol. The van der Waals surface area contributed by atoms with Crippen molar-refractivity contribution in [2.45, 2.75) is 19.4 Å². The number of carbonyl (C=O) groups excluding carboxylic acids is 1. The molecule has 1 aromatic carbocycles. The molecule has 0 aromatic heterocycles. The molecule has 6 nitrogen and oxygen atoms in total. The summed E-state index contributed by atoms with van der Waals surface area (Å²) in [5, 5.41) is 0. The van der Waals surface area contributed by atoms with E-state index in [1.165, 1.54) is 7.11 Å². The normalized spacial score (nSPS) is 20.2. The van der Waals surface area contributed by atoms with Crippen molar-refractivity contribution in [3.05, 3.63) is 23.8 Å². The number of ether oxygens (including phenoxy) is 1. The van der Waals surface area contributed by atoms with E-state index >= 15 is 0 Å². The first-order valence-electron chi connectivity index (χ1n) is 6.83. The Balaban J connectivity index is 2.23. The summed E-state index contributed by atoms with van der Waals surface area (Å²) >= 11 is 0. The highest BCUT2D eigenvalue weighted by molar-refractivity contribution is 7.91. The number of carbonyl (C=O) groups is 1. The van der Waals surface area contributed by atoms with E-state index in [1.807, 2.05) is 6.92 Å². The Kier molecular flexibility index (Phi) is 4.41. The third-order valence-corrected chi connectivity index (χ3v) is 5.48. The molecule has 2 rings (SSSR count). The zero-order valence-electron chi connectivity index (χ0n) is 12.2. The van der Waals surface area contributed by atoms with E-state index in [9.17, 15) is 13.2 Å². The molecule has 1 fully saturated rings. The van der Waals surface area contributed by atoms with Crippen molar-refractivity contribution in [3.8, 4) is 5.75 Å². The summed E-state index contributed by atoms with van der Waals surface area (Å²) in [5.41, 5.74) is 6.65. The van der Waals surface area contributed by atoms with Crippen LogP contribution < -0.4 is 10.5 Å². The van der Waals surface area contributed by atoms with Gasteiger partial charge in [-0.2, -0.15) is 0 Å². The molecule has 7 heteroatoms. The van der Waals surface area contributed by atoms with E-state index in [0.717, 1.165) is 0 Å². The molecule has 0 saturated carbocycles. The molecule has 0 radical (unpaired) electrons. The number of nitrogens with two attached hydrogens (primary N) is 1. The number of methoxy groups -OCH3 is 1. The molecule has 2 N–H and O–H groups in total. The molecular weight excluding hydrogens is 292 g/mol. The zero-order chi connectivity index (χ0) is 15.6. The SMILES string of the molecule is CCN(C(=O)c1ccc(OC)c(N)c1)C1CCS(=O)(=O)C1. The smallest absolute Gasteiger partial charge is 0.254 e. The van der Waals surface area contributed by atoms with Crippen molar-refractivity contribution < 1.29 is 17.9 Å². The van der Waals surface area contributed by atoms with Gasteiger partial charge in [-0.25, -0.2) is 8.42 Å². The lowest BCUT2D eigenvalue weighted by molar-refractivity contribution is 0.0708. The lowest BCUT2D eigenvalue weighted by Crippen LogP contribution is -2.41. The second-order valence-electron chi connectivity index (χ2n) is 5.10. The molecule has 1 aromatic rings. The highest BCUT2D eigenvalue weighted by Gasteiger charge is 2.34. The molecule has 0 spiro atoms. The van der Waals surface area contributed by atoms with E-state index in [0.29, 0.717) is 30.0 Å². The van der Waals surface area contributed by atoms with Crippen LogP contribution in [0.1, 0.15) is 23.7 Å². The summed E-state index contributed by atoms with van der Waals surface area (Å²) in [5.74, 6) is 0.497. The van der Waals surface area contributed by atoms with Crippen LogP contribution in [-0.4, -0.2) is 50.4 Å². The number of nitrogens with zero attached hydrogens (tertiary/aromatic N) is 1. The maximum absolute atomic E-state index is 12.6. The summed E-state index contributed by atoms with van der Waals surface area (Å²) < 4.78 is 28.2. The number of benzene rings is 1. The fourth-order valence-electron chi connectivity index (χ4n) is 2.62. The van der Waals surface area contributed by atoms with E-state index < -0.39 is 9.84 Å². The van der Waals surface area contributed by atoms with Crippen LogP contribution in [0.25, 0.3) is 0 Å². The molecule has 1 heterocycles. The highest BCUT2D eigenvalue weighted by Crippen LogP contribution is 2.24. The molecule has 1 aliphatic rings. The number of sulfone groups is 1. The van der Waals surface area contributed by atoms with E-state index in [4.69, 9.17) is 10.5 Å². The monoisotopic (exact) mass is 312 g/mol. The predicted octanol–water partition coefficient (Wildman–Crippen LogP) is 0.927. The Morgan fingerprint density at radius 2 is 2.19 bits per heavy atom. The van der Waals surface area contributed by atoms with Crippen LogP contribution in [0, 0.1) is 0 Å². The van der Waals surface area contributed by atoms with Gasteiger partial charge in [-0.15, -0.1) is 0 Å². The third-order valence-electron chi connectivity index (χ3n) is 3.73. The fraction of sp³-hybridized carbons (Fsp3) is 0.500. The summed E-state index contributed by atoms with van der Waals surface area (Å²) in [6.07, 6.45) is 0.494. The average molecular weight is 312 g/mol.